The molecule has 0 aliphatic carbocycles. The summed E-state index contributed by atoms with van der Waals surface area (Å²) in [5.41, 5.74) is 0. The largest absolute Gasteiger partial charge is 0.375 e. The van der Waals surface area contributed by atoms with Gasteiger partial charge in [0.15, 0.2) is 0 Å². The number of rotatable bonds is 1. The molecule has 0 spiro atoms. The van der Waals surface area contributed by atoms with E-state index in [0.717, 1.165) is 26.1 Å². The van der Waals surface area contributed by atoms with Crippen LogP contribution in [0.15, 0.2) is 0 Å². The lowest BCUT2D eigenvalue weighted by Crippen LogP contribution is -2.38. The molecule has 1 heterocycles. The Bertz CT molecular complexity index is 115. The van der Waals surface area contributed by atoms with Crippen molar-refractivity contribution in [2.24, 2.45) is 0 Å². The molecule has 1 N–H and O–H groups in total. The Morgan fingerprint density at radius 2 is 2.50 bits per heavy atom. The molecule has 10 heavy (non-hydrogen) atoms. The van der Waals surface area contributed by atoms with Crippen LogP contribution in [0.25, 0.3) is 0 Å². The van der Waals surface area contributed by atoms with Crippen LogP contribution >= 0.6 is 12.4 Å². The first-order valence-corrected chi connectivity index (χ1v) is 3.19. The molecule has 0 aromatic rings. The van der Waals surface area contributed by atoms with Gasteiger partial charge in [0.1, 0.15) is 0 Å². The zero-order chi connectivity index (χ0) is 6.53. The highest BCUT2D eigenvalue weighted by Crippen LogP contribution is 1.98. The molecule has 1 aliphatic rings. The number of halogens is 1. The highest BCUT2D eigenvalue weighted by atomic mass is 35.5. The molecule has 0 saturated carbocycles. The molecule has 0 aromatic heterocycles. The average molecular weight is 162 g/mol. The van der Waals surface area contributed by atoms with Crippen molar-refractivity contribution in [2.45, 2.75) is 12.5 Å². The van der Waals surface area contributed by atoms with Crippen LogP contribution in [0.5, 0.6) is 0 Å². The summed E-state index contributed by atoms with van der Waals surface area (Å²) in [7, 11) is 0. The molecule has 2 nitrogen and oxygen atoms in total. The summed E-state index contributed by atoms with van der Waals surface area (Å²) in [5, 5.41) is 3.20. The fourth-order valence-corrected chi connectivity index (χ4v) is 0.882. The maximum Gasteiger partial charge on any atom is 0.0808 e. The van der Waals surface area contributed by atoms with Gasteiger partial charge in [-0.2, -0.15) is 0 Å². The summed E-state index contributed by atoms with van der Waals surface area (Å²) in [5.74, 6) is 2.57. The average Bonchev–Trinajstić information content (AvgIpc) is 1.91. The summed E-state index contributed by atoms with van der Waals surface area (Å²) < 4.78 is 5.31. The molecule has 0 amide bonds. The van der Waals surface area contributed by atoms with Gasteiger partial charge in [-0.1, -0.05) is 0 Å². The van der Waals surface area contributed by atoms with Crippen LogP contribution in [-0.4, -0.2) is 25.8 Å². The van der Waals surface area contributed by atoms with Crippen LogP contribution in [0.4, 0.5) is 0 Å². The van der Waals surface area contributed by atoms with Crippen molar-refractivity contribution in [3.8, 4) is 12.3 Å². The lowest BCUT2D eigenvalue weighted by molar-refractivity contribution is 0.0322. The van der Waals surface area contributed by atoms with Crippen molar-refractivity contribution in [1.82, 2.24) is 5.32 Å². The Morgan fingerprint density at radius 3 is 3.00 bits per heavy atom. The van der Waals surface area contributed by atoms with Gasteiger partial charge in [-0.3, -0.25) is 0 Å². The number of terminal acetylenes is 1. The molecular weight excluding hydrogens is 150 g/mol. The van der Waals surface area contributed by atoms with Gasteiger partial charge in [0, 0.05) is 19.5 Å². The van der Waals surface area contributed by atoms with Crippen LogP contribution < -0.4 is 5.32 Å². The van der Waals surface area contributed by atoms with Crippen molar-refractivity contribution >= 4 is 12.4 Å². The normalized spacial score (nSPS) is 24.5. The second-order valence-electron chi connectivity index (χ2n) is 2.11. The van der Waals surface area contributed by atoms with Gasteiger partial charge < -0.3 is 10.1 Å². The van der Waals surface area contributed by atoms with Crippen molar-refractivity contribution in [2.75, 3.05) is 19.7 Å². The first-order chi connectivity index (χ1) is 4.43. The van der Waals surface area contributed by atoms with E-state index in [4.69, 9.17) is 11.2 Å². The highest BCUT2D eigenvalue weighted by Gasteiger charge is 2.10. The predicted molar refractivity (Wildman–Crippen MR) is 43.3 cm³/mol. The molecule has 0 aromatic carbocycles. The van der Waals surface area contributed by atoms with Gasteiger partial charge in [0.25, 0.3) is 0 Å². The molecule has 3 heteroatoms. The van der Waals surface area contributed by atoms with Crippen LogP contribution in [0.3, 0.4) is 0 Å². The molecule has 0 radical (unpaired) electrons. The summed E-state index contributed by atoms with van der Waals surface area (Å²) >= 11 is 0. The predicted octanol–water partition coefficient (Wildman–Crippen LogP) is 0.420. The summed E-state index contributed by atoms with van der Waals surface area (Å²) in [6, 6.07) is 0. The first kappa shape index (κ1) is 9.77. The third kappa shape index (κ3) is 3.07. The standard InChI is InChI=1S/C7H11NO.ClH/c1-2-3-7-6-8-4-5-9-7;/h1,7-8H,3-6H2;1H. The monoisotopic (exact) mass is 161 g/mol. The summed E-state index contributed by atoms with van der Waals surface area (Å²) in [6.45, 7) is 2.66. The number of nitrogens with one attached hydrogen (secondary N) is 1. The third-order valence-electron chi connectivity index (χ3n) is 1.35. The van der Waals surface area contributed by atoms with E-state index in [1.807, 2.05) is 0 Å². The van der Waals surface area contributed by atoms with E-state index < -0.39 is 0 Å². The van der Waals surface area contributed by atoms with Gasteiger partial charge in [-0.05, 0) is 0 Å². The van der Waals surface area contributed by atoms with E-state index in [-0.39, 0.29) is 18.5 Å². The Kier molecular flexibility index (Phi) is 5.42. The number of hydrogen-bond acceptors (Lipinski definition) is 2. The lowest BCUT2D eigenvalue weighted by atomic mass is 10.2. The minimum atomic E-state index is 0. The zero-order valence-electron chi connectivity index (χ0n) is 5.80. The van der Waals surface area contributed by atoms with Crippen LogP contribution in [0, 0.1) is 12.3 Å². The highest BCUT2D eigenvalue weighted by molar-refractivity contribution is 5.85. The quantitative estimate of drug-likeness (QED) is 0.563. The van der Waals surface area contributed by atoms with E-state index in [9.17, 15) is 0 Å². The zero-order valence-corrected chi connectivity index (χ0v) is 6.62. The van der Waals surface area contributed by atoms with E-state index in [1.165, 1.54) is 0 Å². The van der Waals surface area contributed by atoms with Gasteiger partial charge in [-0.15, -0.1) is 24.8 Å². The lowest BCUT2D eigenvalue weighted by Gasteiger charge is -2.21. The number of morpholine rings is 1. The van der Waals surface area contributed by atoms with Gasteiger partial charge in [0.2, 0.25) is 0 Å². The fourth-order valence-electron chi connectivity index (χ4n) is 0.882. The second kappa shape index (κ2) is 5.55. The molecule has 58 valence electrons. The number of hydrogen-bond donors (Lipinski definition) is 1. The van der Waals surface area contributed by atoms with Crippen molar-refractivity contribution in [1.29, 1.82) is 0 Å². The maximum atomic E-state index is 5.31. The van der Waals surface area contributed by atoms with E-state index >= 15 is 0 Å². The van der Waals surface area contributed by atoms with Gasteiger partial charge in [-0.25, -0.2) is 0 Å². The van der Waals surface area contributed by atoms with Crippen molar-refractivity contribution in [3.63, 3.8) is 0 Å². The van der Waals surface area contributed by atoms with Crippen LogP contribution in [0.1, 0.15) is 6.42 Å². The summed E-state index contributed by atoms with van der Waals surface area (Å²) in [6.07, 6.45) is 6.08. The molecular formula is C7H12ClNO. The van der Waals surface area contributed by atoms with Crippen molar-refractivity contribution < 1.29 is 4.74 Å². The topological polar surface area (TPSA) is 21.3 Å². The van der Waals surface area contributed by atoms with Crippen LogP contribution in [-0.2, 0) is 4.74 Å². The van der Waals surface area contributed by atoms with Crippen molar-refractivity contribution in [3.05, 3.63) is 0 Å². The SMILES string of the molecule is C#CCC1CNCCO1.Cl. The minimum absolute atomic E-state index is 0. The Labute approximate surface area is 67.7 Å². The Balaban J connectivity index is 0.000000810. The molecule has 1 rings (SSSR count). The third-order valence-corrected chi connectivity index (χ3v) is 1.35. The molecule has 1 unspecified atom stereocenters. The van der Waals surface area contributed by atoms with E-state index in [0.29, 0.717) is 0 Å². The summed E-state index contributed by atoms with van der Waals surface area (Å²) in [4.78, 5) is 0. The fraction of sp³-hybridized carbons (Fsp3) is 0.714. The van der Waals surface area contributed by atoms with Crippen LogP contribution in [0.2, 0.25) is 0 Å². The molecule has 0 bridgehead atoms. The van der Waals surface area contributed by atoms with E-state index in [2.05, 4.69) is 11.2 Å². The molecule has 1 fully saturated rings. The van der Waals surface area contributed by atoms with Gasteiger partial charge >= 0.3 is 0 Å². The molecule has 1 aliphatic heterocycles. The van der Waals surface area contributed by atoms with Gasteiger partial charge in [0.05, 0.1) is 12.7 Å². The second-order valence-corrected chi connectivity index (χ2v) is 2.11. The minimum Gasteiger partial charge on any atom is -0.375 e. The Hall–Kier alpha value is -0.230. The smallest absolute Gasteiger partial charge is 0.0808 e. The first-order valence-electron chi connectivity index (χ1n) is 3.19. The molecule has 1 saturated heterocycles. The Morgan fingerprint density at radius 1 is 1.70 bits per heavy atom. The van der Waals surface area contributed by atoms with E-state index in [1.54, 1.807) is 0 Å². The maximum absolute atomic E-state index is 5.31. The number of ether oxygens (including phenoxy) is 1. The molecule has 1 atom stereocenters.